The third-order valence-corrected chi connectivity index (χ3v) is 13.2. The van der Waals surface area contributed by atoms with E-state index in [2.05, 4.69) is 16.0 Å². The summed E-state index contributed by atoms with van der Waals surface area (Å²) >= 11 is 0. The molecule has 0 spiro atoms. The molecule has 63 heavy (non-hydrogen) atoms. The monoisotopic (exact) mass is 877 g/mol. The average molecular weight is 877 g/mol. The van der Waals surface area contributed by atoms with Crippen LogP contribution in [-0.4, -0.2) is 135 Å². The van der Waals surface area contributed by atoms with Gasteiger partial charge < -0.3 is 35.2 Å². The van der Waals surface area contributed by atoms with Crippen molar-refractivity contribution in [2.75, 3.05) is 48.0 Å². The Morgan fingerprint density at radius 3 is 1.86 bits per heavy atom. The third kappa shape index (κ3) is 12.9. The van der Waals surface area contributed by atoms with Gasteiger partial charge in [0.25, 0.3) is 5.91 Å². The molecule has 9 atom stereocenters. The van der Waals surface area contributed by atoms with Gasteiger partial charge in [-0.05, 0) is 61.6 Å². The van der Waals surface area contributed by atoms with Crippen molar-refractivity contribution in [1.82, 2.24) is 30.8 Å². The number of hydrogen-bond acceptors (Lipinski definition) is 9. The van der Waals surface area contributed by atoms with Crippen molar-refractivity contribution in [3.63, 3.8) is 0 Å². The summed E-state index contributed by atoms with van der Waals surface area (Å²) in [5.41, 5.74) is 1.74. The van der Waals surface area contributed by atoms with Crippen LogP contribution in [0.25, 0.3) is 0 Å². The van der Waals surface area contributed by atoms with Crippen LogP contribution in [0.3, 0.4) is 0 Å². The normalized spacial score (nSPS) is 19.5. The first-order valence-electron chi connectivity index (χ1n) is 23.0. The van der Waals surface area contributed by atoms with Gasteiger partial charge in [-0.2, -0.15) is 0 Å². The zero-order chi connectivity index (χ0) is 46.4. The average Bonchev–Trinajstić information content (AvgIpc) is 3.78. The van der Waals surface area contributed by atoms with Crippen LogP contribution in [0.15, 0.2) is 60.7 Å². The van der Waals surface area contributed by atoms with Crippen molar-refractivity contribution in [1.29, 1.82) is 0 Å². The fraction of sp³-hybridized carbons (Fsp3) is 0.653. The molecule has 2 aliphatic heterocycles. The summed E-state index contributed by atoms with van der Waals surface area (Å²) in [4.78, 5) is 80.5. The van der Waals surface area contributed by atoms with Crippen molar-refractivity contribution < 1.29 is 38.3 Å². The summed E-state index contributed by atoms with van der Waals surface area (Å²) < 4.78 is 12.2. The number of nitrogens with zero attached hydrogens (tertiary/aromatic N) is 3. The largest absolute Gasteiger partial charge is 0.379 e. The van der Waals surface area contributed by atoms with Gasteiger partial charge in [0.15, 0.2) is 0 Å². The van der Waals surface area contributed by atoms with E-state index in [9.17, 15) is 24.0 Å². The van der Waals surface area contributed by atoms with Gasteiger partial charge >= 0.3 is 0 Å². The van der Waals surface area contributed by atoms with Crippen LogP contribution in [0.4, 0.5) is 0 Å². The summed E-state index contributed by atoms with van der Waals surface area (Å²) in [6.45, 7) is 14.9. The fourth-order valence-electron chi connectivity index (χ4n) is 9.45. The third-order valence-electron chi connectivity index (χ3n) is 13.2. The van der Waals surface area contributed by atoms with Crippen LogP contribution in [0.5, 0.6) is 0 Å². The predicted molar refractivity (Wildman–Crippen MR) is 244 cm³/mol. The number of ether oxygens (including phenoxy) is 2. The molecule has 0 saturated carbocycles. The molecule has 0 unspecified atom stereocenters. The Morgan fingerprint density at radius 2 is 1.37 bits per heavy atom. The highest BCUT2D eigenvalue weighted by atomic mass is 16.7. The van der Waals surface area contributed by atoms with Crippen molar-refractivity contribution >= 4 is 29.5 Å². The lowest BCUT2D eigenvalue weighted by Crippen LogP contribution is -2.59. The molecular formula is C49H76N6O8. The SMILES string of the molecule is CC[C@H](C)[C@@H]([C@@H](CC(=O)N1CCC[C@H]1[C@H](OC)[C@@H](C)C(=O)N[C@H](C(=O)N1CCCCO1)C(c1ccccc1)c1ccccc1)OC)N(C)C(=O)[C@@H](NC(=O)[C@@H](NC)C(C)C)C(C)C. The number of hydrogen-bond donors (Lipinski definition) is 3. The lowest BCUT2D eigenvalue weighted by atomic mass is 9.83. The van der Waals surface area contributed by atoms with Crippen molar-refractivity contribution in [2.24, 2.45) is 23.7 Å². The number of carbonyl (C=O) groups excluding carboxylic acids is 5. The Kier molecular flexibility index (Phi) is 20.0. The zero-order valence-electron chi connectivity index (χ0n) is 39.7. The number of nitrogens with one attached hydrogen (secondary N) is 3. The number of rotatable bonds is 22. The van der Waals surface area contributed by atoms with Gasteiger partial charge in [-0.25, -0.2) is 5.06 Å². The summed E-state index contributed by atoms with van der Waals surface area (Å²) in [5, 5.41) is 10.6. The molecule has 14 nitrogen and oxygen atoms in total. The minimum absolute atomic E-state index is 0.00718. The first-order chi connectivity index (χ1) is 30.1. The molecule has 2 aromatic carbocycles. The second-order valence-corrected chi connectivity index (χ2v) is 18.1. The number of amides is 5. The number of carbonyl (C=O) groups is 5. The second-order valence-electron chi connectivity index (χ2n) is 18.1. The van der Waals surface area contributed by atoms with E-state index in [0.717, 1.165) is 30.4 Å². The Bertz CT molecular complexity index is 1720. The highest BCUT2D eigenvalue weighted by Crippen LogP contribution is 2.33. The number of benzene rings is 2. The summed E-state index contributed by atoms with van der Waals surface area (Å²) in [6.07, 6.45) is 2.33. The molecule has 14 heteroatoms. The molecule has 5 amide bonds. The van der Waals surface area contributed by atoms with Gasteiger partial charge in [0, 0.05) is 40.3 Å². The Labute approximate surface area is 376 Å². The first kappa shape index (κ1) is 51.3. The summed E-state index contributed by atoms with van der Waals surface area (Å²) in [5.74, 6) is -2.86. The Hall–Kier alpha value is -4.37. The zero-order valence-corrected chi connectivity index (χ0v) is 39.7. The molecule has 2 heterocycles. The van der Waals surface area contributed by atoms with E-state index >= 15 is 0 Å². The molecule has 2 fully saturated rings. The van der Waals surface area contributed by atoms with Gasteiger partial charge in [-0.15, -0.1) is 0 Å². The molecule has 350 valence electrons. The Balaban J connectivity index is 1.57. The standard InChI is InChI=1S/C49H76N6O8/c1-12-33(6)44(53(9)48(59)42(32(4)5)51-47(58)41(50-8)31(2)3)38(61-10)30-39(56)54-27-21-26-37(54)45(62-11)34(7)46(57)52-43(49(60)55-28-19-20-29-63-55)40(35-22-15-13-16-23-35)36-24-17-14-18-25-36/h13-18,22-25,31-34,37-38,40-45,50H,12,19-21,26-30H2,1-11H3,(H,51,58)(H,52,57)/t33-,34+,37-,38+,41-,42-,43-,44-,45+/m0/s1. The predicted octanol–water partition coefficient (Wildman–Crippen LogP) is 5.16. The van der Waals surface area contributed by atoms with Gasteiger partial charge in [0.1, 0.15) is 12.1 Å². The highest BCUT2D eigenvalue weighted by Gasteiger charge is 2.44. The molecule has 2 aromatic rings. The van der Waals surface area contributed by atoms with E-state index in [0.29, 0.717) is 32.5 Å². The van der Waals surface area contributed by atoms with Gasteiger partial charge in [0.05, 0.1) is 49.3 Å². The van der Waals surface area contributed by atoms with Crippen molar-refractivity contribution in [2.45, 2.75) is 135 Å². The molecular weight excluding hydrogens is 801 g/mol. The van der Waals surface area contributed by atoms with Gasteiger partial charge in [-0.3, -0.25) is 28.8 Å². The second kappa shape index (κ2) is 24.6. The number of likely N-dealkylation sites (tertiary alicyclic amines) is 1. The number of methoxy groups -OCH3 is 2. The lowest BCUT2D eigenvalue weighted by molar-refractivity contribution is -0.199. The van der Waals surface area contributed by atoms with Gasteiger partial charge in [0.2, 0.25) is 23.6 Å². The molecule has 2 aliphatic rings. The van der Waals surface area contributed by atoms with E-state index in [1.807, 2.05) is 102 Å². The maximum absolute atomic E-state index is 14.6. The molecule has 4 rings (SSSR count). The fourth-order valence-corrected chi connectivity index (χ4v) is 9.45. The van der Waals surface area contributed by atoms with Crippen LogP contribution < -0.4 is 16.0 Å². The minimum Gasteiger partial charge on any atom is -0.379 e. The minimum atomic E-state index is -0.995. The summed E-state index contributed by atoms with van der Waals surface area (Å²) in [7, 11) is 6.57. The maximum atomic E-state index is 14.6. The summed E-state index contributed by atoms with van der Waals surface area (Å²) in [6, 6.07) is 16.2. The molecule has 0 aromatic heterocycles. The molecule has 0 radical (unpaired) electrons. The van der Waals surface area contributed by atoms with Crippen LogP contribution in [0.1, 0.15) is 104 Å². The van der Waals surface area contributed by atoms with Crippen molar-refractivity contribution in [3.8, 4) is 0 Å². The lowest BCUT2D eigenvalue weighted by Gasteiger charge is -2.41. The van der Waals surface area contributed by atoms with E-state index in [4.69, 9.17) is 14.3 Å². The highest BCUT2D eigenvalue weighted by molar-refractivity contribution is 5.91. The molecule has 3 N–H and O–H groups in total. The Morgan fingerprint density at radius 1 is 0.778 bits per heavy atom. The molecule has 2 saturated heterocycles. The van der Waals surface area contributed by atoms with E-state index in [-0.39, 0.29) is 53.7 Å². The smallest absolute Gasteiger partial charge is 0.269 e. The van der Waals surface area contributed by atoms with E-state index < -0.39 is 54.3 Å². The van der Waals surface area contributed by atoms with Crippen LogP contribution in [0, 0.1) is 23.7 Å². The quantitative estimate of drug-likeness (QED) is 0.145. The molecule has 0 aliphatic carbocycles. The van der Waals surface area contributed by atoms with Crippen LogP contribution >= 0.6 is 0 Å². The maximum Gasteiger partial charge on any atom is 0.269 e. The van der Waals surface area contributed by atoms with E-state index in [1.54, 1.807) is 45.0 Å². The number of hydroxylamine groups is 2. The number of likely N-dealkylation sites (N-methyl/N-ethyl adjacent to an activating group) is 2. The topological polar surface area (TPSA) is 159 Å². The van der Waals surface area contributed by atoms with Gasteiger partial charge in [-0.1, -0.05) is 116 Å². The first-order valence-corrected chi connectivity index (χ1v) is 23.0. The van der Waals surface area contributed by atoms with Crippen LogP contribution in [0.2, 0.25) is 0 Å². The van der Waals surface area contributed by atoms with E-state index in [1.165, 1.54) is 5.06 Å². The van der Waals surface area contributed by atoms with Crippen molar-refractivity contribution in [3.05, 3.63) is 71.8 Å². The molecule has 0 bridgehead atoms. The van der Waals surface area contributed by atoms with Crippen LogP contribution in [-0.2, 0) is 38.3 Å².